The third kappa shape index (κ3) is 3.21. The number of nitrogens with zero attached hydrogens (tertiary/aromatic N) is 3. The van der Waals surface area contributed by atoms with Gasteiger partial charge in [-0.2, -0.15) is 0 Å². The molecule has 0 saturated carbocycles. The predicted octanol–water partition coefficient (Wildman–Crippen LogP) is 3.58. The zero-order chi connectivity index (χ0) is 10.4. The zero-order valence-electron chi connectivity index (χ0n) is 7.97. The molecule has 0 spiro atoms. The van der Waals surface area contributed by atoms with Crippen LogP contribution in [0.5, 0.6) is 5.75 Å². The lowest BCUT2D eigenvalue weighted by Gasteiger charge is -2.05. The summed E-state index contributed by atoms with van der Waals surface area (Å²) in [6.07, 6.45) is 0. The van der Waals surface area contributed by atoms with Crippen molar-refractivity contribution >= 4 is 5.69 Å². The van der Waals surface area contributed by atoms with Crippen LogP contribution in [0.2, 0.25) is 0 Å². The molecule has 1 aromatic carbocycles. The molecule has 72 valence electrons. The first kappa shape index (κ1) is 10.2. The average molecular weight is 189 g/mol. The van der Waals surface area contributed by atoms with Crippen LogP contribution in [0.4, 0.5) is 5.69 Å². The summed E-state index contributed by atoms with van der Waals surface area (Å²) in [4.78, 5) is 2.69. The van der Waals surface area contributed by atoms with Gasteiger partial charge in [-0.3, -0.25) is 0 Å². The molecule has 0 aliphatic heterocycles. The molecule has 4 nitrogen and oxygen atoms in total. The summed E-state index contributed by atoms with van der Waals surface area (Å²) in [5.74, 6) is 0.679. The van der Waals surface area contributed by atoms with Crippen LogP contribution in [0.1, 0.15) is 6.92 Å². The van der Waals surface area contributed by atoms with Gasteiger partial charge in [-0.05, 0) is 30.2 Å². The standard InChI is InChI=1S/C10H11N3O/c1-8(2)7-14-10-5-3-4-9(6-10)12-13-11/h3-6H,1,7H2,2H3. The van der Waals surface area contributed by atoms with Gasteiger partial charge in [0.2, 0.25) is 0 Å². The van der Waals surface area contributed by atoms with E-state index in [0.717, 1.165) is 5.57 Å². The Bertz CT molecular complexity index is 381. The predicted molar refractivity (Wildman–Crippen MR) is 55.6 cm³/mol. The average Bonchev–Trinajstić information content (AvgIpc) is 2.16. The fourth-order valence-corrected chi connectivity index (χ4v) is 0.894. The quantitative estimate of drug-likeness (QED) is 0.309. The lowest BCUT2D eigenvalue weighted by molar-refractivity contribution is 0.353. The SMILES string of the molecule is C=C(C)COc1cccc(N=[N+]=[N-])c1. The molecule has 0 amide bonds. The van der Waals surface area contributed by atoms with E-state index in [4.69, 9.17) is 10.3 Å². The summed E-state index contributed by atoms with van der Waals surface area (Å²) in [6.45, 7) is 6.08. The van der Waals surface area contributed by atoms with Crippen molar-refractivity contribution in [3.8, 4) is 5.75 Å². The molecular weight excluding hydrogens is 178 g/mol. The molecule has 0 heterocycles. The van der Waals surface area contributed by atoms with Crippen molar-refractivity contribution in [1.29, 1.82) is 0 Å². The minimum Gasteiger partial charge on any atom is -0.489 e. The second-order valence-corrected chi connectivity index (χ2v) is 2.93. The molecule has 0 atom stereocenters. The molecule has 0 N–H and O–H groups in total. The van der Waals surface area contributed by atoms with Gasteiger partial charge in [0.05, 0.1) is 0 Å². The summed E-state index contributed by atoms with van der Waals surface area (Å²) in [6, 6.07) is 6.98. The highest BCUT2D eigenvalue weighted by Gasteiger charge is 1.94. The highest BCUT2D eigenvalue weighted by atomic mass is 16.5. The zero-order valence-corrected chi connectivity index (χ0v) is 7.97. The minimum atomic E-state index is 0.472. The Morgan fingerprint density at radius 3 is 3.07 bits per heavy atom. The molecule has 0 radical (unpaired) electrons. The molecule has 0 aromatic heterocycles. The van der Waals surface area contributed by atoms with Gasteiger partial charge in [0.1, 0.15) is 12.4 Å². The minimum absolute atomic E-state index is 0.472. The molecule has 0 bridgehead atoms. The van der Waals surface area contributed by atoms with E-state index in [0.29, 0.717) is 18.0 Å². The van der Waals surface area contributed by atoms with Gasteiger partial charge in [-0.1, -0.05) is 23.8 Å². The van der Waals surface area contributed by atoms with E-state index in [1.165, 1.54) is 0 Å². The Morgan fingerprint density at radius 1 is 1.64 bits per heavy atom. The van der Waals surface area contributed by atoms with Crippen LogP contribution in [-0.4, -0.2) is 6.61 Å². The summed E-state index contributed by atoms with van der Waals surface area (Å²) in [7, 11) is 0. The smallest absolute Gasteiger partial charge is 0.120 e. The Morgan fingerprint density at radius 2 is 2.43 bits per heavy atom. The Balaban J connectivity index is 2.73. The van der Waals surface area contributed by atoms with Gasteiger partial charge in [-0.25, -0.2) is 0 Å². The molecule has 14 heavy (non-hydrogen) atoms. The third-order valence-electron chi connectivity index (χ3n) is 1.46. The highest BCUT2D eigenvalue weighted by Crippen LogP contribution is 2.20. The molecule has 1 aromatic rings. The van der Waals surface area contributed by atoms with Gasteiger partial charge in [-0.15, -0.1) is 0 Å². The monoisotopic (exact) mass is 189 g/mol. The summed E-state index contributed by atoms with van der Waals surface area (Å²) >= 11 is 0. The Kier molecular flexibility index (Phi) is 3.58. The third-order valence-corrected chi connectivity index (χ3v) is 1.46. The van der Waals surface area contributed by atoms with E-state index < -0.39 is 0 Å². The van der Waals surface area contributed by atoms with Gasteiger partial charge in [0.25, 0.3) is 0 Å². The second kappa shape index (κ2) is 4.94. The van der Waals surface area contributed by atoms with E-state index in [2.05, 4.69) is 16.6 Å². The normalized spacial score (nSPS) is 8.93. The van der Waals surface area contributed by atoms with Crippen LogP contribution in [0, 0.1) is 0 Å². The Hall–Kier alpha value is -1.93. The van der Waals surface area contributed by atoms with E-state index in [1.807, 2.05) is 6.92 Å². The number of azide groups is 1. The van der Waals surface area contributed by atoms with E-state index in [1.54, 1.807) is 24.3 Å². The van der Waals surface area contributed by atoms with E-state index in [9.17, 15) is 0 Å². The number of rotatable bonds is 4. The first-order chi connectivity index (χ1) is 6.72. The molecule has 0 aliphatic carbocycles. The van der Waals surface area contributed by atoms with Gasteiger partial charge < -0.3 is 4.74 Å². The first-order valence-corrected chi connectivity index (χ1v) is 4.14. The van der Waals surface area contributed by atoms with E-state index in [-0.39, 0.29) is 0 Å². The molecule has 0 fully saturated rings. The summed E-state index contributed by atoms with van der Waals surface area (Å²) < 4.78 is 5.37. The first-order valence-electron chi connectivity index (χ1n) is 4.14. The number of benzene rings is 1. The summed E-state index contributed by atoms with van der Waals surface area (Å²) in [5.41, 5.74) is 9.72. The fraction of sp³-hybridized carbons (Fsp3) is 0.200. The number of hydrogen-bond donors (Lipinski definition) is 0. The molecule has 0 unspecified atom stereocenters. The molecule has 4 heteroatoms. The maximum atomic E-state index is 8.23. The van der Waals surface area contributed by atoms with Crippen LogP contribution in [-0.2, 0) is 0 Å². The molecular formula is C10H11N3O. The van der Waals surface area contributed by atoms with Crippen LogP contribution in [0.25, 0.3) is 10.4 Å². The van der Waals surface area contributed by atoms with Crippen molar-refractivity contribution in [2.75, 3.05) is 6.61 Å². The highest BCUT2D eigenvalue weighted by molar-refractivity contribution is 5.43. The fourth-order valence-electron chi connectivity index (χ4n) is 0.894. The van der Waals surface area contributed by atoms with Crippen LogP contribution >= 0.6 is 0 Å². The van der Waals surface area contributed by atoms with Crippen molar-refractivity contribution in [2.45, 2.75) is 6.92 Å². The lowest BCUT2D eigenvalue weighted by Crippen LogP contribution is -1.96. The van der Waals surface area contributed by atoms with Crippen molar-refractivity contribution in [3.63, 3.8) is 0 Å². The molecule has 0 saturated heterocycles. The van der Waals surface area contributed by atoms with Crippen molar-refractivity contribution in [1.82, 2.24) is 0 Å². The number of hydrogen-bond acceptors (Lipinski definition) is 2. The van der Waals surface area contributed by atoms with E-state index >= 15 is 0 Å². The summed E-state index contributed by atoms with van der Waals surface area (Å²) in [5, 5.41) is 3.47. The largest absolute Gasteiger partial charge is 0.489 e. The van der Waals surface area contributed by atoms with Gasteiger partial charge >= 0.3 is 0 Å². The topological polar surface area (TPSA) is 58.0 Å². The maximum Gasteiger partial charge on any atom is 0.120 e. The molecule has 0 aliphatic rings. The maximum absolute atomic E-state index is 8.23. The molecule has 1 rings (SSSR count). The van der Waals surface area contributed by atoms with Crippen molar-refractivity contribution in [3.05, 3.63) is 46.9 Å². The number of ether oxygens (including phenoxy) is 1. The lowest BCUT2D eigenvalue weighted by atomic mass is 10.3. The van der Waals surface area contributed by atoms with Gasteiger partial charge in [0.15, 0.2) is 0 Å². The van der Waals surface area contributed by atoms with Crippen molar-refractivity contribution < 1.29 is 4.74 Å². The van der Waals surface area contributed by atoms with Crippen LogP contribution in [0.15, 0.2) is 41.5 Å². The van der Waals surface area contributed by atoms with Crippen molar-refractivity contribution in [2.24, 2.45) is 5.11 Å². The second-order valence-electron chi connectivity index (χ2n) is 2.93. The van der Waals surface area contributed by atoms with Crippen LogP contribution < -0.4 is 4.74 Å². The Labute approximate surface area is 82.4 Å². The van der Waals surface area contributed by atoms with Gasteiger partial charge in [0, 0.05) is 10.6 Å². The van der Waals surface area contributed by atoms with Crippen LogP contribution in [0.3, 0.4) is 0 Å².